The number of nitrogens with zero attached hydrogens (tertiary/aromatic N) is 1. The molecule has 0 spiro atoms. The van der Waals surface area contributed by atoms with Gasteiger partial charge >= 0.3 is 0 Å². The Balaban J connectivity index is 2.37. The van der Waals surface area contributed by atoms with E-state index in [0.29, 0.717) is 16.3 Å². The highest BCUT2D eigenvalue weighted by Crippen LogP contribution is 2.35. The van der Waals surface area contributed by atoms with Crippen molar-refractivity contribution in [3.63, 3.8) is 0 Å². The largest absolute Gasteiger partial charge is 0.455 e. The SMILES string of the molecule is Cc1cc(C#N)cc(C)c1Oc1ccc([C@@H](C)N)cc1Cl. The molecule has 0 aliphatic rings. The molecule has 0 saturated heterocycles. The number of halogens is 1. The molecular formula is C17H17ClN2O. The number of aryl methyl sites for hydroxylation is 2. The van der Waals surface area contributed by atoms with Crippen molar-refractivity contribution in [3.05, 3.63) is 57.6 Å². The van der Waals surface area contributed by atoms with Crippen LogP contribution in [0.2, 0.25) is 5.02 Å². The summed E-state index contributed by atoms with van der Waals surface area (Å²) in [7, 11) is 0. The van der Waals surface area contributed by atoms with Gasteiger partial charge in [0.1, 0.15) is 11.5 Å². The fourth-order valence-electron chi connectivity index (χ4n) is 2.17. The molecule has 0 aliphatic carbocycles. The van der Waals surface area contributed by atoms with Gasteiger partial charge in [-0.25, -0.2) is 0 Å². The Labute approximate surface area is 129 Å². The molecule has 2 aromatic rings. The van der Waals surface area contributed by atoms with Crippen LogP contribution in [0.25, 0.3) is 0 Å². The number of nitrogens with two attached hydrogens (primary N) is 1. The van der Waals surface area contributed by atoms with Crippen LogP contribution in [0.3, 0.4) is 0 Å². The van der Waals surface area contributed by atoms with E-state index in [2.05, 4.69) is 6.07 Å². The zero-order chi connectivity index (χ0) is 15.6. The number of hydrogen-bond acceptors (Lipinski definition) is 3. The predicted octanol–water partition coefficient (Wildman–Crippen LogP) is 4.64. The molecular weight excluding hydrogens is 284 g/mol. The Morgan fingerprint density at radius 2 is 1.81 bits per heavy atom. The van der Waals surface area contributed by atoms with E-state index in [9.17, 15) is 0 Å². The van der Waals surface area contributed by atoms with Gasteiger partial charge in [0.05, 0.1) is 16.7 Å². The van der Waals surface area contributed by atoms with E-state index in [-0.39, 0.29) is 6.04 Å². The van der Waals surface area contributed by atoms with Crippen LogP contribution in [0.4, 0.5) is 0 Å². The Bertz CT molecular complexity index is 694. The summed E-state index contributed by atoms with van der Waals surface area (Å²) in [5.41, 5.74) is 9.22. The summed E-state index contributed by atoms with van der Waals surface area (Å²) in [5.74, 6) is 1.31. The highest BCUT2D eigenvalue weighted by Gasteiger charge is 2.11. The van der Waals surface area contributed by atoms with Crippen molar-refractivity contribution >= 4 is 11.6 Å². The van der Waals surface area contributed by atoms with Crippen LogP contribution in [0.5, 0.6) is 11.5 Å². The van der Waals surface area contributed by atoms with Crippen LogP contribution in [-0.4, -0.2) is 0 Å². The van der Waals surface area contributed by atoms with Crippen molar-refractivity contribution in [1.29, 1.82) is 5.26 Å². The second-order valence-corrected chi connectivity index (χ2v) is 5.54. The topological polar surface area (TPSA) is 59.0 Å². The molecule has 0 saturated carbocycles. The van der Waals surface area contributed by atoms with Gasteiger partial charge in [-0.2, -0.15) is 5.26 Å². The lowest BCUT2D eigenvalue weighted by Crippen LogP contribution is -2.04. The minimum Gasteiger partial charge on any atom is -0.455 e. The molecule has 2 rings (SSSR count). The first-order valence-corrected chi connectivity index (χ1v) is 7.04. The van der Waals surface area contributed by atoms with Crippen LogP contribution in [0, 0.1) is 25.2 Å². The highest BCUT2D eigenvalue weighted by atomic mass is 35.5. The Morgan fingerprint density at radius 1 is 1.19 bits per heavy atom. The average Bonchev–Trinajstić information content (AvgIpc) is 2.43. The molecule has 0 fully saturated rings. The second kappa shape index (κ2) is 6.17. The summed E-state index contributed by atoms with van der Waals surface area (Å²) in [5, 5.41) is 9.49. The Hall–Kier alpha value is -2.02. The van der Waals surface area contributed by atoms with Gasteiger partial charge in [0.25, 0.3) is 0 Å². The summed E-state index contributed by atoms with van der Waals surface area (Å²) in [6.45, 7) is 5.72. The third-order valence-corrected chi connectivity index (χ3v) is 3.58. The molecule has 0 amide bonds. The minimum atomic E-state index is -0.0741. The quantitative estimate of drug-likeness (QED) is 0.898. The molecule has 4 heteroatoms. The van der Waals surface area contributed by atoms with E-state index in [0.717, 1.165) is 22.4 Å². The van der Waals surface area contributed by atoms with Crippen LogP contribution < -0.4 is 10.5 Å². The maximum Gasteiger partial charge on any atom is 0.146 e. The molecule has 1 atom stereocenters. The Kier molecular flexibility index (Phi) is 4.52. The first kappa shape index (κ1) is 15.4. The minimum absolute atomic E-state index is 0.0741. The molecule has 2 aromatic carbocycles. The lowest BCUT2D eigenvalue weighted by molar-refractivity contribution is 0.475. The van der Waals surface area contributed by atoms with E-state index in [4.69, 9.17) is 27.3 Å². The summed E-state index contributed by atoms with van der Waals surface area (Å²) in [6.07, 6.45) is 0. The number of rotatable bonds is 3. The summed E-state index contributed by atoms with van der Waals surface area (Å²) in [4.78, 5) is 0. The maximum atomic E-state index is 8.97. The molecule has 0 radical (unpaired) electrons. The summed E-state index contributed by atoms with van der Waals surface area (Å²) in [6, 6.07) is 11.2. The number of benzene rings is 2. The van der Waals surface area contributed by atoms with Crippen LogP contribution in [0.1, 0.15) is 35.2 Å². The highest BCUT2D eigenvalue weighted by molar-refractivity contribution is 6.32. The van der Waals surface area contributed by atoms with Gasteiger partial charge in [0.2, 0.25) is 0 Å². The van der Waals surface area contributed by atoms with Crippen LogP contribution in [-0.2, 0) is 0 Å². The molecule has 3 nitrogen and oxygen atoms in total. The predicted molar refractivity (Wildman–Crippen MR) is 84.8 cm³/mol. The zero-order valence-corrected chi connectivity index (χ0v) is 13.0. The van der Waals surface area contributed by atoms with E-state index < -0.39 is 0 Å². The molecule has 0 heterocycles. The fraction of sp³-hybridized carbons (Fsp3) is 0.235. The fourth-order valence-corrected chi connectivity index (χ4v) is 2.40. The van der Waals surface area contributed by atoms with Crippen molar-refractivity contribution in [2.75, 3.05) is 0 Å². The van der Waals surface area contributed by atoms with Crippen molar-refractivity contribution in [2.24, 2.45) is 5.73 Å². The van der Waals surface area contributed by atoms with Gasteiger partial charge in [0.15, 0.2) is 0 Å². The molecule has 108 valence electrons. The lowest BCUT2D eigenvalue weighted by atomic mass is 10.1. The second-order valence-electron chi connectivity index (χ2n) is 5.13. The van der Waals surface area contributed by atoms with Gasteiger partial charge < -0.3 is 10.5 Å². The first-order valence-electron chi connectivity index (χ1n) is 6.66. The monoisotopic (exact) mass is 300 g/mol. The van der Waals surface area contributed by atoms with Crippen LogP contribution >= 0.6 is 11.6 Å². The van der Waals surface area contributed by atoms with Gasteiger partial charge in [-0.1, -0.05) is 17.7 Å². The normalized spacial score (nSPS) is 11.8. The molecule has 21 heavy (non-hydrogen) atoms. The van der Waals surface area contributed by atoms with E-state index >= 15 is 0 Å². The first-order chi connectivity index (χ1) is 9.92. The van der Waals surface area contributed by atoms with Gasteiger partial charge in [-0.3, -0.25) is 0 Å². The van der Waals surface area contributed by atoms with Gasteiger partial charge in [-0.05, 0) is 61.7 Å². The molecule has 0 bridgehead atoms. The van der Waals surface area contributed by atoms with Crippen molar-refractivity contribution in [3.8, 4) is 17.6 Å². The third-order valence-electron chi connectivity index (χ3n) is 3.28. The lowest BCUT2D eigenvalue weighted by Gasteiger charge is -2.14. The molecule has 0 unspecified atom stereocenters. The number of nitriles is 1. The van der Waals surface area contributed by atoms with Gasteiger partial charge in [-0.15, -0.1) is 0 Å². The third kappa shape index (κ3) is 3.36. The molecule has 0 aliphatic heterocycles. The smallest absolute Gasteiger partial charge is 0.146 e. The maximum absolute atomic E-state index is 8.97. The zero-order valence-electron chi connectivity index (χ0n) is 12.3. The summed E-state index contributed by atoms with van der Waals surface area (Å²) >= 11 is 6.25. The van der Waals surface area contributed by atoms with Crippen molar-refractivity contribution in [2.45, 2.75) is 26.8 Å². The van der Waals surface area contributed by atoms with Crippen molar-refractivity contribution in [1.82, 2.24) is 0 Å². The molecule has 2 N–H and O–H groups in total. The standard InChI is InChI=1S/C17H17ClN2O/c1-10-6-13(9-19)7-11(2)17(10)21-16-5-4-14(12(3)20)8-15(16)18/h4-8,12H,20H2,1-3H3/t12-/m1/s1. The summed E-state index contributed by atoms with van der Waals surface area (Å²) < 4.78 is 5.92. The van der Waals surface area contributed by atoms with E-state index in [1.807, 2.05) is 39.0 Å². The average molecular weight is 301 g/mol. The van der Waals surface area contributed by atoms with E-state index in [1.54, 1.807) is 12.1 Å². The van der Waals surface area contributed by atoms with E-state index in [1.165, 1.54) is 0 Å². The van der Waals surface area contributed by atoms with Crippen molar-refractivity contribution < 1.29 is 4.74 Å². The molecule has 0 aromatic heterocycles. The number of hydrogen-bond donors (Lipinski definition) is 1. The van der Waals surface area contributed by atoms with Crippen LogP contribution in [0.15, 0.2) is 30.3 Å². The Morgan fingerprint density at radius 3 is 2.29 bits per heavy atom. The number of ether oxygens (including phenoxy) is 1. The van der Waals surface area contributed by atoms with Gasteiger partial charge in [0, 0.05) is 6.04 Å².